The maximum Gasteiger partial charge on any atom is 0.274 e. The molecule has 0 radical (unpaired) electrons. The Bertz CT molecular complexity index is 1750. The molecule has 1 atom stereocenters. The highest BCUT2D eigenvalue weighted by molar-refractivity contribution is 8.01. The fourth-order valence-electron chi connectivity index (χ4n) is 4.54. The number of rotatable bonds is 6. The van der Waals surface area contributed by atoms with Gasteiger partial charge in [-0.25, -0.2) is 0 Å². The predicted octanol–water partition coefficient (Wildman–Crippen LogP) is 9.15. The van der Waals surface area contributed by atoms with Crippen LogP contribution in [0.2, 0.25) is 0 Å². The summed E-state index contributed by atoms with van der Waals surface area (Å²) in [4.78, 5) is 16.9. The van der Waals surface area contributed by atoms with Gasteiger partial charge in [-0.2, -0.15) is 0 Å². The molecule has 0 aliphatic heterocycles. The van der Waals surface area contributed by atoms with Gasteiger partial charge in [0.1, 0.15) is 10.9 Å². The molecule has 37 heavy (non-hydrogen) atoms. The van der Waals surface area contributed by atoms with E-state index in [0.29, 0.717) is 0 Å². The second-order valence-corrected chi connectivity index (χ2v) is 11.7. The molecule has 0 aliphatic carbocycles. The number of non-ortho nitro benzene ring substituents is 1. The fraction of sp³-hybridized carbons (Fsp3) is 0. The van der Waals surface area contributed by atoms with E-state index < -0.39 is 10.9 Å². The first-order valence-electron chi connectivity index (χ1n) is 11.9. The van der Waals surface area contributed by atoms with Crippen molar-refractivity contribution >= 4 is 49.9 Å². The van der Waals surface area contributed by atoms with Crippen LogP contribution in [0.3, 0.4) is 0 Å². The third kappa shape index (κ3) is 4.71. The lowest BCUT2D eigenvalue weighted by Gasteiger charge is -2.13. The minimum Gasteiger partial charge on any atom is -0.258 e. The zero-order valence-corrected chi connectivity index (χ0v) is 21.4. The Labute approximate surface area is 222 Å². The number of fused-ring (bicyclic) bond motifs is 3. The van der Waals surface area contributed by atoms with Gasteiger partial charge in [-0.1, -0.05) is 84.6 Å². The Morgan fingerprint density at radius 3 is 2.11 bits per heavy atom. The normalized spacial score (nSPS) is 12.0. The standard InChI is InChI=1S/C32H22NO2S2/c34-33(35)25-10-8-13-27(21-25)37(32-16-7-6-15-31(32)36-26-11-2-1-3-12-26)28-20-19-24-18-17-23-9-4-5-14-29(23)30(24)22-28/h1-22H/q+1. The molecule has 0 aliphatic rings. The Balaban J connectivity index is 1.58. The van der Waals surface area contributed by atoms with Gasteiger partial charge < -0.3 is 0 Å². The van der Waals surface area contributed by atoms with E-state index in [1.807, 2.05) is 24.3 Å². The first-order chi connectivity index (χ1) is 18.2. The maximum absolute atomic E-state index is 11.7. The smallest absolute Gasteiger partial charge is 0.258 e. The molecule has 6 rings (SSSR count). The molecule has 0 saturated carbocycles. The lowest BCUT2D eigenvalue weighted by Crippen LogP contribution is -2.07. The second kappa shape index (κ2) is 10.1. The van der Waals surface area contributed by atoms with E-state index in [-0.39, 0.29) is 10.6 Å². The van der Waals surface area contributed by atoms with E-state index in [4.69, 9.17) is 0 Å². The van der Waals surface area contributed by atoms with Crippen LogP contribution in [0.4, 0.5) is 5.69 Å². The largest absolute Gasteiger partial charge is 0.274 e. The van der Waals surface area contributed by atoms with E-state index in [2.05, 4.69) is 91.0 Å². The van der Waals surface area contributed by atoms with Crippen LogP contribution in [0.15, 0.2) is 158 Å². The summed E-state index contributed by atoms with van der Waals surface area (Å²) in [5.41, 5.74) is 0.106. The van der Waals surface area contributed by atoms with Crippen molar-refractivity contribution in [3.05, 3.63) is 144 Å². The van der Waals surface area contributed by atoms with E-state index in [1.165, 1.54) is 21.5 Å². The highest BCUT2D eigenvalue weighted by Crippen LogP contribution is 2.41. The summed E-state index contributed by atoms with van der Waals surface area (Å²) in [6, 6.07) is 45.1. The van der Waals surface area contributed by atoms with Crippen molar-refractivity contribution in [3.8, 4) is 0 Å². The average Bonchev–Trinajstić information content (AvgIpc) is 2.95. The molecule has 0 spiro atoms. The zero-order chi connectivity index (χ0) is 25.2. The summed E-state index contributed by atoms with van der Waals surface area (Å²) in [5, 5.41) is 16.4. The summed E-state index contributed by atoms with van der Waals surface area (Å²) in [5.74, 6) is 0. The molecule has 6 aromatic carbocycles. The van der Waals surface area contributed by atoms with Crippen molar-refractivity contribution in [2.75, 3.05) is 0 Å². The lowest BCUT2D eigenvalue weighted by molar-refractivity contribution is -0.385. The van der Waals surface area contributed by atoms with E-state index >= 15 is 0 Å². The van der Waals surface area contributed by atoms with Gasteiger partial charge in [-0.05, 0) is 64.0 Å². The van der Waals surface area contributed by atoms with Gasteiger partial charge >= 0.3 is 0 Å². The molecule has 178 valence electrons. The van der Waals surface area contributed by atoms with Crippen LogP contribution in [0, 0.1) is 10.1 Å². The molecular weight excluding hydrogens is 494 g/mol. The molecular formula is C32H22NO2S2+. The molecule has 5 heteroatoms. The monoisotopic (exact) mass is 516 g/mol. The minimum atomic E-state index is -0.551. The second-order valence-electron chi connectivity index (χ2n) is 8.59. The first kappa shape index (κ1) is 23.3. The fourth-order valence-corrected chi connectivity index (χ4v) is 7.94. The molecule has 0 bridgehead atoms. The van der Waals surface area contributed by atoms with Crippen molar-refractivity contribution in [1.82, 2.24) is 0 Å². The molecule has 0 saturated heterocycles. The Hall–Kier alpha value is -4.06. The Morgan fingerprint density at radius 1 is 0.595 bits per heavy atom. The Kier molecular flexibility index (Phi) is 6.39. The van der Waals surface area contributed by atoms with Crippen LogP contribution in [0.1, 0.15) is 0 Å². The molecule has 0 heterocycles. The van der Waals surface area contributed by atoms with Crippen LogP contribution in [-0.4, -0.2) is 4.92 Å². The summed E-state index contributed by atoms with van der Waals surface area (Å²) >= 11 is 1.72. The van der Waals surface area contributed by atoms with E-state index in [0.717, 1.165) is 24.5 Å². The van der Waals surface area contributed by atoms with Crippen LogP contribution in [0.25, 0.3) is 21.5 Å². The number of hydrogen-bond acceptors (Lipinski definition) is 3. The van der Waals surface area contributed by atoms with Gasteiger partial charge in [0.15, 0.2) is 14.7 Å². The van der Waals surface area contributed by atoms with Crippen molar-refractivity contribution < 1.29 is 4.92 Å². The lowest BCUT2D eigenvalue weighted by atomic mass is 10.0. The van der Waals surface area contributed by atoms with Crippen molar-refractivity contribution in [3.63, 3.8) is 0 Å². The maximum atomic E-state index is 11.7. The Morgan fingerprint density at radius 2 is 1.27 bits per heavy atom. The number of hydrogen-bond donors (Lipinski definition) is 0. The third-order valence-electron chi connectivity index (χ3n) is 6.26. The van der Waals surface area contributed by atoms with Crippen LogP contribution >= 0.6 is 11.8 Å². The quantitative estimate of drug-likeness (QED) is 0.0959. The molecule has 3 nitrogen and oxygen atoms in total. The number of nitro groups is 1. The summed E-state index contributed by atoms with van der Waals surface area (Å²) in [6.45, 7) is 0. The van der Waals surface area contributed by atoms with Crippen molar-refractivity contribution in [1.29, 1.82) is 0 Å². The summed E-state index contributed by atoms with van der Waals surface area (Å²) in [7, 11) is -0.551. The van der Waals surface area contributed by atoms with E-state index in [1.54, 1.807) is 30.0 Å². The van der Waals surface area contributed by atoms with Crippen LogP contribution in [0.5, 0.6) is 0 Å². The molecule has 0 aromatic heterocycles. The van der Waals surface area contributed by atoms with Gasteiger partial charge in [0.2, 0.25) is 0 Å². The molecule has 1 unspecified atom stereocenters. The molecule has 6 aromatic rings. The van der Waals surface area contributed by atoms with Gasteiger partial charge in [0, 0.05) is 17.0 Å². The van der Waals surface area contributed by atoms with Gasteiger partial charge in [0.25, 0.3) is 5.69 Å². The SMILES string of the molecule is O=[N+]([O-])c1cccc([S+](c2ccc3ccc4ccccc4c3c2)c2ccccc2Sc2ccccc2)c1. The van der Waals surface area contributed by atoms with Gasteiger partial charge in [-0.15, -0.1) is 0 Å². The van der Waals surface area contributed by atoms with Gasteiger partial charge in [0.05, 0.1) is 15.9 Å². The van der Waals surface area contributed by atoms with E-state index in [9.17, 15) is 10.1 Å². The topological polar surface area (TPSA) is 43.1 Å². The van der Waals surface area contributed by atoms with Crippen LogP contribution < -0.4 is 0 Å². The van der Waals surface area contributed by atoms with Gasteiger partial charge in [-0.3, -0.25) is 10.1 Å². The molecule has 0 amide bonds. The summed E-state index contributed by atoms with van der Waals surface area (Å²) < 4.78 is 0. The minimum absolute atomic E-state index is 0.106. The first-order valence-corrected chi connectivity index (χ1v) is 13.9. The summed E-state index contributed by atoms with van der Waals surface area (Å²) in [6.07, 6.45) is 0. The van der Waals surface area contributed by atoms with Crippen molar-refractivity contribution in [2.24, 2.45) is 0 Å². The number of nitro benzene ring substituents is 1. The highest BCUT2D eigenvalue weighted by atomic mass is 32.2. The predicted molar refractivity (Wildman–Crippen MR) is 154 cm³/mol. The van der Waals surface area contributed by atoms with Crippen molar-refractivity contribution in [2.45, 2.75) is 24.5 Å². The number of benzene rings is 6. The number of nitrogens with zero attached hydrogens (tertiary/aromatic N) is 1. The highest BCUT2D eigenvalue weighted by Gasteiger charge is 2.33. The average molecular weight is 517 g/mol. The zero-order valence-electron chi connectivity index (χ0n) is 19.8. The third-order valence-corrected chi connectivity index (χ3v) is 9.72. The van der Waals surface area contributed by atoms with Crippen LogP contribution in [-0.2, 0) is 10.9 Å². The molecule has 0 N–H and O–H groups in total. The molecule has 0 fully saturated rings.